The van der Waals surface area contributed by atoms with Crippen LogP contribution in [0.4, 0.5) is 5.69 Å². The fourth-order valence-corrected chi connectivity index (χ4v) is 3.02. The van der Waals surface area contributed by atoms with E-state index in [9.17, 15) is 18.0 Å². The normalized spacial score (nSPS) is 11.4. The number of carbonyl (C=O) groups is 2. The van der Waals surface area contributed by atoms with Gasteiger partial charge in [0, 0.05) is 11.1 Å². The van der Waals surface area contributed by atoms with Crippen molar-refractivity contribution >= 4 is 33.7 Å². The van der Waals surface area contributed by atoms with Crippen molar-refractivity contribution in [2.45, 2.75) is 20.8 Å². The first kappa shape index (κ1) is 22.3. The number of ether oxygens (including phenoxy) is 1. The van der Waals surface area contributed by atoms with Gasteiger partial charge in [0.1, 0.15) is 6.54 Å². The van der Waals surface area contributed by atoms with Crippen LogP contribution in [0.3, 0.4) is 0 Å². The molecule has 0 spiro atoms. The van der Waals surface area contributed by atoms with Crippen LogP contribution in [0.2, 0.25) is 0 Å². The number of nitrogens with one attached hydrogen (secondary N) is 2. The van der Waals surface area contributed by atoms with Crippen molar-refractivity contribution in [3.05, 3.63) is 70.1 Å². The van der Waals surface area contributed by atoms with Crippen molar-refractivity contribution in [1.82, 2.24) is 4.72 Å². The molecule has 0 saturated heterocycles. The van der Waals surface area contributed by atoms with Crippen LogP contribution in [0.5, 0.6) is 0 Å². The molecule has 29 heavy (non-hydrogen) atoms. The second-order valence-electron chi connectivity index (χ2n) is 6.59. The SMILES string of the molecule is Cc1ccc(/C=C/S(=O)(=O)NCC(=O)OCC(=O)Nc2ccc(C)c(C)c2)cc1. The summed E-state index contributed by atoms with van der Waals surface area (Å²) in [4.78, 5) is 23.6. The highest BCUT2D eigenvalue weighted by Crippen LogP contribution is 2.14. The molecule has 0 heterocycles. The number of anilines is 1. The first-order valence-corrected chi connectivity index (χ1v) is 10.5. The molecule has 0 saturated carbocycles. The van der Waals surface area contributed by atoms with Gasteiger partial charge in [0.2, 0.25) is 10.0 Å². The molecule has 0 radical (unpaired) electrons. The summed E-state index contributed by atoms with van der Waals surface area (Å²) in [5.74, 6) is -1.36. The molecular formula is C21H24N2O5S. The molecule has 0 aliphatic heterocycles. The predicted octanol–water partition coefficient (Wildman–Crippen LogP) is 2.68. The molecule has 0 fully saturated rings. The van der Waals surface area contributed by atoms with Crippen LogP contribution in [0.25, 0.3) is 6.08 Å². The lowest BCUT2D eigenvalue weighted by Gasteiger charge is -2.08. The highest BCUT2D eigenvalue weighted by Gasteiger charge is 2.12. The topological polar surface area (TPSA) is 102 Å². The number of sulfonamides is 1. The molecule has 0 aliphatic carbocycles. The fraction of sp³-hybridized carbons (Fsp3) is 0.238. The van der Waals surface area contributed by atoms with Gasteiger partial charge in [-0.3, -0.25) is 9.59 Å². The van der Waals surface area contributed by atoms with E-state index < -0.39 is 35.1 Å². The minimum atomic E-state index is -3.81. The standard InChI is InChI=1S/C21H24N2O5S/c1-15-4-7-18(8-5-15)10-11-29(26,27)22-13-21(25)28-14-20(24)23-19-9-6-16(2)17(3)12-19/h4-12,22H,13-14H2,1-3H3,(H,23,24)/b11-10+. The highest BCUT2D eigenvalue weighted by atomic mass is 32.2. The van der Waals surface area contributed by atoms with Gasteiger partial charge in [-0.15, -0.1) is 0 Å². The Morgan fingerprint density at radius 3 is 2.34 bits per heavy atom. The first-order valence-electron chi connectivity index (χ1n) is 8.92. The van der Waals surface area contributed by atoms with Crippen molar-refractivity contribution in [3.8, 4) is 0 Å². The molecule has 8 heteroatoms. The average Bonchev–Trinajstić information content (AvgIpc) is 2.67. The molecule has 2 rings (SSSR count). The molecule has 2 N–H and O–H groups in total. The van der Waals surface area contributed by atoms with Crippen molar-refractivity contribution in [2.75, 3.05) is 18.5 Å². The van der Waals surface area contributed by atoms with E-state index in [1.54, 1.807) is 18.2 Å². The molecule has 0 unspecified atom stereocenters. The number of hydrogen-bond donors (Lipinski definition) is 2. The highest BCUT2D eigenvalue weighted by molar-refractivity contribution is 7.92. The van der Waals surface area contributed by atoms with Crippen LogP contribution in [0, 0.1) is 20.8 Å². The minimum Gasteiger partial charge on any atom is -0.455 e. The first-order chi connectivity index (χ1) is 13.6. The molecule has 0 aromatic heterocycles. The molecule has 2 aromatic rings. The number of carbonyl (C=O) groups excluding carboxylic acids is 2. The number of esters is 1. The fourth-order valence-electron chi connectivity index (χ4n) is 2.27. The van der Waals surface area contributed by atoms with E-state index in [0.717, 1.165) is 22.1 Å². The van der Waals surface area contributed by atoms with Crippen molar-refractivity contribution < 1.29 is 22.7 Å². The van der Waals surface area contributed by atoms with E-state index in [1.807, 2.05) is 45.0 Å². The third-order valence-corrected chi connectivity index (χ3v) is 5.13. The summed E-state index contributed by atoms with van der Waals surface area (Å²) in [7, 11) is -3.81. The molecule has 2 aromatic carbocycles. The van der Waals surface area contributed by atoms with Crippen LogP contribution in [0.15, 0.2) is 47.9 Å². The summed E-state index contributed by atoms with van der Waals surface area (Å²) in [6.45, 7) is 4.73. The lowest BCUT2D eigenvalue weighted by molar-refractivity contribution is -0.146. The summed E-state index contributed by atoms with van der Waals surface area (Å²) in [6.07, 6.45) is 1.42. The maximum atomic E-state index is 11.9. The smallest absolute Gasteiger partial charge is 0.321 e. The van der Waals surface area contributed by atoms with E-state index >= 15 is 0 Å². The Kier molecular flexibility index (Phi) is 7.69. The second-order valence-corrected chi connectivity index (χ2v) is 8.24. The van der Waals surface area contributed by atoms with Gasteiger partial charge in [-0.25, -0.2) is 13.1 Å². The Morgan fingerprint density at radius 1 is 1.00 bits per heavy atom. The van der Waals surface area contributed by atoms with Gasteiger partial charge < -0.3 is 10.1 Å². The van der Waals surface area contributed by atoms with Gasteiger partial charge in [-0.2, -0.15) is 0 Å². The van der Waals surface area contributed by atoms with Gasteiger partial charge in [-0.05, 0) is 55.7 Å². The maximum Gasteiger partial charge on any atom is 0.321 e. The monoisotopic (exact) mass is 416 g/mol. The quantitative estimate of drug-likeness (QED) is 0.644. The van der Waals surface area contributed by atoms with E-state index in [1.165, 1.54) is 6.08 Å². The number of benzene rings is 2. The van der Waals surface area contributed by atoms with Crippen LogP contribution < -0.4 is 10.0 Å². The van der Waals surface area contributed by atoms with Crippen LogP contribution in [-0.4, -0.2) is 33.4 Å². The zero-order valence-corrected chi connectivity index (χ0v) is 17.4. The van der Waals surface area contributed by atoms with Crippen LogP contribution in [-0.2, 0) is 24.3 Å². The molecule has 7 nitrogen and oxygen atoms in total. The van der Waals surface area contributed by atoms with E-state index in [0.29, 0.717) is 11.3 Å². The lowest BCUT2D eigenvalue weighted by Crippen LogP contribution is -2.31. The third kappa shape index (κ3) is 7.89. The average molecular weight is 416 g/mol. The van der Waals surface area contributed by atoms with Gasteiger partial charge in [-0.1, -0.05) is 35.9 Å². The third-order valence-electron chi connectivity index (χ3n) is 4.09. The van der Waals surface area contributed by atoms with Gasteiger partial charge >= 0.3 is 5.97 Å². The molecule has 0 aliphatic rings. The largest absolute Gasteiger partial charge is 0.455 e. The van der Waals surface area contributed by atoms with Crippen LogP contribution >= 0.6 is 0 Å². The summed E-state index contributed by atoms with van der Waals surface area (Å²) >= 11 is 0. The Labute approximate surface area is 170 Å². The Morgan fingerprint density at radius 2 is 1.69 bits per heavy atom. The summed E-state index contributed by atoms with van der Waals surface area (Å²) in [6, 6.07) is 12.7. The second kappa shape index (κ2) is 9.99. The van der Waals surface area contributed by atoms with Gasteiger partial charge in [0.15, 0.2) is 6.61 Å². The van der Waals surface area contributed by atoms with Crippen molar-refractivity contribution in [3.63, 3.8) is 0 Å². The van der Waals surface area contributed by atoms with E-state index in [-0.39, 0.29) is 0 Å². The van der Waals surface area contributed by atoms with Gasteiger partial charge in [0.05, 0.1) is 0 Å². The van der Waals surface area contributed by atoms with Gasteiger partial charge in [0.25, 0.3) is 5.91 Å². The molecular weight excluding hydrogens is 392 g/mol. The zero-order valence-electron chi connectivity index (χ0n) is 16.6. The number of hydrogen-bond acceptors (Lipinski definition) is 5. The zero-order chi connectivity index (χ0) is 21.4. The van der Waals surface area contributed by atoms with Crippen LogP contribution in [0.1, 0.15) is 22.3 Å². The number of aryl methyl sites for hydroxylation is 3. The summed E-state index contributed by atoms with van der Waals surface area (Å²) < 4.78 is 30.8. The number of amides is 1. The molecule has 0 bridgehead atoms. The Bertz CT molecular complexity index is 1010. The lowest BCUT2D eigenvalue weighted by atomic mass is 10.1. The molecule has 0 atom stereocenters. The summed E-state index contributed by atoms with van der Waals surface area (Å²) in [5.41, 5.74) is 4.49. The molecule has 1 amide bonds. The Hall–Kier alpha value is -2.97. The minimum absolute atomic E-state index is 0.507. The van der Waals surface area contributed by atoms with E-state index in [4.69, 9.17) is 4.74 Å². The molecule has 154 valence electrons. The van der Waals surface area contributed by atoms with E-state index in [2.05, 4.69) is 10.0 Å². The summed E-state index contributed by atoms with van der Waals surface area (Å²) in [5, 5.41) is 3.58. The van der Waals surface area contributed by atoms with Crippen molar-refractivity contribution in [2.24, 2.45) is 0 Å². The van der Waals surface area contributed by atoms with Crippen molar-refractivity contribution in [1.29, 1.82) is 0 Å². The predicted molar refractivity (Wildman–Crippen MR) is 113 cm³/mol. The maximum absolute atomic E-state index is 11.9. The number of rotatable bonds is 8. The Balaban J connectivity index is 1.77.